The summed E-state index contributed by atoms with van der Waals surface area (Å²) in [4.78, 5) is 24.3. The fourth-order valence-electron chi connectivity index (χ4n) is 2.62. The summed E-state index contributed by atoms with van der Waals surface area (Å²) in [6, 6.07) is 16.1. The summed E-state index contributed by atoms with van der Waals surface area (Å²) in [7, 11) is 0. The van der Waals surface area contributed by atoms with Gasteiger partial charge in [-0.05, 0) is 55.3 Å². The van der Waals surface area contributed by atoms with Crippen LogP contribution in [-0.4, -0.2) is 18.4 Å². The van der Waals surface area contributed by atoms with Gasteiger partial charge in [-0.25, -0.2) is 0 Å². The molecule has 0 fully saturated rings. The summed E-state index contributed by atoms with van der Waals surface area (Å²) in [5.74, 6) is 0.531. The molecule has 1 aromatic heterocycles. The maximum absolute atomic E-state index is 12.2. The largest absolute Gasteiger partial charge is 0.485 e. The number of furan rings is 1. The van der Waals surface area contributed by atoms with Crippen LogP contribution in [0.3, 0.4) is 0 Å². The average molecular weight is 413 g/mol. The van der Waals surface area contributed by atoms with Gasteiger partial charge in [0.15, 0.2) is 5.76 Å². The highest BCUT2D eigenvalue weighted by Gasteiger charge is 2.14. The van der Waals surface area contributed by atoms with E-state index < -0.39 is 5.91 Å². The molecule has 0 saturated carbocycles. The summed E-state index contributed by atoms with van der Waals surface area (Å²) >= 11 is 5.94. The Hall–Kier alpha value is -3.25. The number of rotatable bonds is 7. The molecule has 3 rings (SSSR count). The number of carbonyl (C=O) groups excluding carboxylic acids is 2. The molecular weight excluding hydrogens is 392 g/mol. The number of carbonyl (C=O) groups is 2. The minimum absolute atomic E-state index is 0.111. The van der Waals surface area contributed by atoms with Crippen LogP contribution < -0.4 is 15.4 Å². The molecule has 1 heterocycles. The highest BCUT2D eigenvalue weighted by molar-refractivity contribution is 6.31. The van der Waals surface area contributed by atoms with E-state index in [0.29, 0.717) is 16.5 Å². The number of anilines is 1. The first-order chi connectivity index (χ1) is 13.9. The molecule has 0 atom stereocenters. The Balaban J connectivity index is 1.50. The summed E-state index contributed by atoms with van der Waals surface area (Å²) in [6.07, 6.45) is 0. The van der Waals surface area contributed by atoms with Crippen molar-refractivity contribution >= 4 is 29.1 Å². The second-order valence-electron chi connectivity index (χ2n) is 6.51. The molecule has 0 spiro atoms. The van der Waals surface area contributed by atoms with Crippen LogP contribution >= 0.6 is 11.6 Å². The number of halogens is 1. The molecule has 0 aliphatic carbocycles. The second-order valence-corrected chi connectivity index (χ2v) is 6.95. The van der Waals surface area contributed by atoms with Crippen LogP contribution in [0, 0.1) is 13.8 Å². The molecular formula is C22H21ClN2O4. The van der Waals surface area contributed by atoms with Crippen LogP contribution in [0.1, 0.15) is 27.4 Å². The van der Waals surface area contributed by atoms with Crippen LogP contribution in [0.15, 0.2) is 59.0 Å². The van der Waals surface area contributed by atoms with Crippen molar-refractivity contribution in [2.45, 2.75) is 20.5 Å². The van der Waals surface area contributed by atoms with Gasteiger partial charge in [-0.2, -0.15) is 0 Å². The van der Waals surface area contributed by atoms with Gasteiger partial charge in [-0.15, -0.1) is 0 Å². The highest BCUT2D eigenvalue weighted by Crippen LogP contribution is 2.20. The molecule has 0 aliphatic heterocycles. The molecule has 3 aromatic rings. The van der Waals surface area contributed by atoms with Crippen molar-refractivity contribution in [3.63, 3.8) is 0 Å². The van der Waals surface area contributed by atoms with E-state index in [-0.39, 0.29) is 24.8 Å². The third kappa shape index (κ3) is 5.62. The van der Waals surface area contributed by atoms with Gasteiger partial charge < -0.3 is 19.8 Å². The Morgan fingerprint density at radius 2 is 1.83 bits per heavy atom. The fourth-order valence-corrected chi connectivity index (χ4v) is 2.79. The fraction of sp³-hybridized carbons (Fsp3) is 0.182. The molecule has 7 heteroatoms. The number of ether oxygens (including phenoxy) is 1. The minimum atomic E-state index is -0.481. The van der Waals surface area contributed by atoms with Gasteiger partial charge in [0.25, 0.3) is 5.91 Å². The molecule has 2 N–H and O–H groups in total. The number of aryl methyl sites for hydroxylation is 2. The van der Waals surface area contributed by atoms with E-state index in [0.717, 1.165) is 16.9 Å². The zero-order valence-electron chi connectivity index (χ0n) is 16.1. The van der Waals surface area contributed by atoms with Crippen molar-refractivity contribution in [2.75, 3.05) is 11.9 Å². The van der Waals surface area contributed by atoms with Gasteiger partial charge in [0.05, 0.1) is 6.54 Å². The van der Waals surface area contributed by atoms with Gasteiger partial charge in [-0.1, -0.05) is 35.9 Å². The van der Waals surface area contributed by atoms with E-state index in [2.05, 4.69) is 10.6 Å². The topological polar surface area (TPSA) is 80.6 Å². The lowest BCUT2D eigenvalue weighted by atomic mass is 10.2. The van der Waals surface area contributed by atoms with E-state index in [4.69, 9.17) is 20.8 Å². The normalized spacial score (nSPS) is 10.4. The first-order valence-corrected chi connectivity index (χ1v) is 9.41. The van der Waals surface area contributed by atoms with E-state index in [1.807, 2.05) is 38.1 Å². The van der Waals surface area contributed by atoms with Gasteiger partial charge in [0.2, 0.25) is 5.91 Å². The Morgan fingerprint density at radius 3 is 2.62 bits per heavy atom. The Kier molecular flexibility index (Phi) is 6.57. The first-order valence-electron chi connectivity index (χ1n) is 9.04. The summed E-state index contributed by atoms with van der Waals surface area (Å²) in [6.45, 7) is 3.81. The van der Waals surface area contributed by atoms with E-state index in [9.17, 15) is 9.59 Å². The lowest BCUT2D eigenvalue weighted by Gasteiger charge is -2.09. The molecule has 0 unspecified atom stereocenters. The SMILES string of the molecule is Cc1ccc(Cl)cc1NC(=O)CNC(=O)c1ccc(COc2ccccc2C)o1. The Bertz CT molecular complexity index is 1030. The van der Waals surface area contributed by atoms with E-state index >= 15 is 0 Å². The lowest BCUT2D eigenvalue weighted by molar-refractivity contribution is -0.115. The van der Waals surface area contributed by atoms with Crippen LogP contribution in [0.4, 0.5) is 5.69 Å². The third-order valence-electron chi connectivity index (χ3n) is 4.23. The molecule has 0 aliphatic rings. The average Bonchev–Trinajstić information content (AvgIpc) is 3.17. The highest BCUT2D eigenvalue weighted by atomic mass is 35.5. The van der Waals surface area contributed by atoms with Gasteiger partial charge in [-0.3, -0.25) is 9.59 Å². The Labute approximate surface area is 173 Å². The molecule has 6 nitrogen and oxygen atoms in total. The maximum atomic E-state index is 12.2. The molecule has 0 radical (unpaired) electrons. The number of amides is 2. The van der Waals surface area contributed by atoms with Crippen LogP contribution in [0.5, 0.6) is 5.75 Å². The second kappa shape index (κ2) is 9.30. The zero-order valence-corrected chi connectivity index (χ0v) is 16.9. The van der Waals surface area contributed by atoms with Crippen LogP contribution in [-0.2, 0) is 11.4 Å². The number of nitrogens with one attached hydrogen (secondary N) is 2. The molecule has 0 saturated heterocycles. The molecule has 0 bridgehead atoms. The third-order valence-corrected chi connectivity index (χ3v) is 4.47. The van der Waals surface area contributed by atoms with Gasteiger partial charge >= 0.3 is 0 Å². The van der Waals surface area contributed by atoms with Crippen LogP contribution in [0.2, 0.25) is 5.02 Å². The standard InChI is InChI=1S/C22H21ClN2O4/c1-14-7-8-16(23)11-18(14)25-21(26)12-24-22(27)20-10-9-17(29-20)13-28-19-6-4-3-5-15(19)2/h3-11H,12-13H2,1-2H3,(H,24,27)(H,25,26). The summed E-state index contributed by atoms with van der Waals surface area (Å²) in [5.41, 5.74) is 2.49. The van der Waals surface area contributed by atoms with Gasteiger partial charge in [0, 0.05) is 10.7 Å². The monoisotopic (exact) mass is 412 g/mol. The van der Waals surface area contributed by atoms with Crippen molar-refractivity contribution in [2.24, 2.45) is 0 Å². The maximum Gasteiger partial charge on any atom is 0.287 e. The van der Waals surface area contributed by atoms with Crippen molar-refractivity contribution in [3.8, 4) is 5.75 Å². The van der Waals surface area contributed by atoms with Gasteiger partial charge in [0.1, 0.15) is 18.1 Å². The van der Waals surface area contributed by atoms with Crippen LogP contribution in [0.25, 0.3) is 0 Å². The Morgan fingerprint density at radius 1 is 1.03 bits per heavy atom. The van der Waals surface area contributed by atoms with Crippen molar-refractivity contribution < 1.29 is 18.7 Å². The number of para-hydroxylation sites is 1. The predicted octanol–water partition coefficient (Wildman–Crippen LogP) is 4.50. The van der Waals surface area contributed by atoms with Crippen molar-refractivity contribution in [1.29, 1.82) is 0 Å². The smallest absolute Gasteiger partial charge is 0.287 e. The number of benzene rings is 2. The predicted molar refractivity (Wildman–Crippen MR) is 111 cm³/mol. The molecule has 150 valence electrons. The van der Waals surface area contributed by atoms with E-state index in [1.165, 1.54) is 0 Å². The molecule has 2 amide bonds. The summed E-state index contributed by atoms with van der Waals surface area (Å²) in [5, 5.41) is 5.77. The minimum Gasteiger partial charge on any atom is -0.485 e. The first kappa shape index (κ1) is 20.5. The molecule has 2 aromatic carbocycles. The lowest BCUT2D eigenvalue weighted by Crippen LogP contribution is -2.32. The summed E-state index contributed by atoms with van der Waals surface area (Å²) < 4.78 is 11.2. The number of hydrogen-bond acceptors (Lipinski definition) is 4. The zero-order chi connectivity index (χ0) is 20.8. The van der Waals surface area contributed by atoms with Crippen molar-refractivity contribution in [1.82, 2.24) is 5.32 Å². The number of hydrogen-bond donors (Lipinski definition) is 2. The van der Waals surface area contributed by atoms with E-state index in [1.54, 1.807) is 30.3 Å². The van der Waals surface area contributed by atoms with Crippen molar-refractivity contribution in [3.05, 3.63) is 82.3 Å². The molecule has 29 heavy (non-hydrogen) atoms. The quantitative estimate of drug-likeness (QED) is 0.598.